The van der Waals surface area contributed by atoms with Crippen LogP contribution >= 0.6 is 27.5 Å². The normalized spacial score (nSPS) is 10.5. The minimum atomic E-state index is 0.603. The summed E-state index contributed by atoms with van der Waals surface area (Å²) < 4.78 is 0.902. The number of fused-ring (bicyclic) bond motifs is 1. The van der Waals surface area contributed by atoms with Crippen molar-refractivity contribution in [2.45, 2.75) is 0 Å². The van der Waals surface area contributed by atoms with E-state index in [1.54, 1.807) is 18.3 Å². The van der Waals surface area contributed by atoms with E-state index in [1.807, 2.05) is 6.07 Å². The van der Waals surface area contributed by atoms with Gasteiger partial charge >= 0.3 is 0 Å². The van der Waals surface area contributed by atoms with E-state index in [9.17, 15) is 0 Å². The molecule has 0 aliphatic rings. The van der Waals surface area contributed by atoms with E-state index in [1.165, 1.54) is 0 Å². The van der Waals surface area contributed by atoms with Crippen LogP contribution in [0.1, 0.15) is 0 Å². The standard InChI is InChI=1S/C9H7BrClN3/c10-5-3-6-8(14-12)1-2-13-9(6)7(11)4-5/h1-4H,12H2,(H,13,14). The fraction of sp³-hybridized carbons (Fsp3) is 0. The van der Waals surface area contributed by atoms with Gasteiger partial charge in [0, 0.05) is 16.1 Å². The van der Waals surface area contributed by atoms with Crippen molar-refractivity contribution in [2.24, 2.45) is 5.84 Å². The molecule has 0 atom stereocenters. The van der Waals surface area contributed by atoms with Crippen LogP contribution in [0.3, 0.4) is 0 Å². The molecule has 3 nitrogen and oxygen atoms in total. The number of pyridine rings is 1. The first-order chi connectivity index (χ1) is 6.72. The number of hydrogen-bond acceptors (Lipinski definition) is 3. The second-order valence-electron chi connectivity index (χ2n) is 2.79. The average Bonchev–Trinajstić information content (AvgIpc) is 2.17. The predicted octanol–water partition coefficient (Wildman–Crippen LogP) is 2.94. The second kappa shape index (κ2) is 3.73. The van der Waals surface area contributed by atoms with Crippen LogP contribution in [0.4, 0.5) is 5.69 Å². The Bertz CT molecular complexity index is 487. The van der Waals surface area contributed by atoms with Gasteiger partial charge in [0.2, 0.25) is 0 Å². The number of rotatable bonds is 1. The highest BCUT2D eigenvalue weighted by Crippen LogP contribution is 2.30. The van der Waals surface area contributed by atoms with Crippen molar-refractivity contribution in [1.29, 1.82) is 0 Å². The van der Waals surface area contributed by atoms with Crippen LogP contribution in [0.15, 0.2) is 28.9 Å². The summed E-state index contributed by atoms with van der Waals surface area (Å²) >= 11 is 9.40. The van der Waals surface area contributed by atoms with Crippen molar-refractivity contribution in [1.82, 2.24) is 4.98 Å². The lowest BCUT2D eigenvalue weighted by Gasteiger charge is -2.06. The zero-order valence-electron chi connectivity index (χ0n) is 7.09. The number of nitrogens with zero attached hydrogens (tertiary/aromatic N) is 1. The third-order valence-electron chi connectivity index (χ3n) is 1.92. The van der Waals surface area contributed by atoms with Gasteiger partial charge in [-0.3, -0.25) is 10.8 Å². The molecule has 14 heavy (non-hydrogen) atoms. The highest BCUT2D eigenvalue weighted by atomic mass is 79.9. The van der Waals surface area contributed by atoms with Crippen molar-refractivity contribution < 1.29 is 0 Å². The van der Waals surface area contributed by atoms with Crippen molar-refractivity contribution in [2.75, 3.05) is 5.43 Å². The molecule has 1 aromatic carbocycles. The van der Waals surface area contributed by atoms with E-state index in [0.29, 0.717) is 5.02 Å². The molecule has 0 spiro atoms. The van der Waals surface area contributed by atoms with Crippen molar-refractivity contribution in [3.05, 3.63) is 33.9 Å². The minimum absolute atomic E-state index is 0.603. The number of halogens is 2. The Morgan fingerprint density at radius 3 is 2.93 bits per heavy atom. The molecule has 72 valence electrons. The molecule has 1 aromatic heterocycles. The largest absolute Gasteiger partial charge is 0.323 e. The molecule has 0 unspecified atom stereocenters. The minimum Gasteiger partial charge on any atom is -0.323 e. The molecule has 1 heterocycles. The SMILES string of the molecule is NNc1ccnc2c(Cl)cc(Br)cc12. The molecule has 0 bridgehead atoms. The second-order valence-corrected chi connectivity index (χ2v) is 4.11. The summed E-state index contributed by atoms with van der Waals surface area (Å²) in [5.74, 6) is 5.38. The summed E-state index contributed by atoms with van der Waals surface area (Å²) in [7, 11) is 0. The Labute approximate surface area is 94.4 Å². The summed E-state index contributed by atoms with van der Waals surface area (Å²) in [5.41, 5.74) is 4.15. The number of hydrazine groups is 1. The van der Waals surface area contributed by atoms with E-state index in [4.69, 9.17) is 17.4 Å². The Kier molecular flexibility index (Phi) is 2.58. The third kappa shape index (κ3) is 1.56. The molecular weight excluding hydrogens is 265 g/mol. The van der Waals surface area contributed by atoms with Gasteiger partial charge < -0.3 is 5.43 Å². The molecule has 2 aromatic rings. The van der Waals surface area contributed by atoms with Gasteiger partial charge in [0.15, 0.2) is 0 Å². The van der Waals surface area contributed by atoms with E-state index < -0.39 is 0 Å². The van der Waals surface area contributed by atoms with E-state index >= 15 is 0 Å². The third-order valence-corrected chi connectivity index (χ3v) is 2.66. The Hall–Kier alpha value is -0.840. The lowest BCUT2D eigenvalue weighted by molar-refractivity contribution is 1.33. The summed E-state index contributed by atoms with van der Waals surface area (Å²) in [4.78, 5) is 4.18. The van der Waals surface area contributed by atoms with Crippen molar-refractivity contribution >= 4 is 44.1 Å². The Morgan fingerprint density at radius 1 is 1.43 bits per heavy atom. The maximum Gasteiger partial charge on any atom is 0.0910 e. The number of anilines is 1. The van der Waals surface area contributed by atoms with E-state index in [2.05, 4.69) is 26.3 Å². The highest BCUT2D eigenvalue weighted by molar-refractivity contribution is 9.10. The van der Waals surface area contributed by atoms with Crippen LogP contribution in [0.25, 0.3) is 10.9 Å². The topological polar surface area (TPSA) is 50.9 Å². The first-order valence-corrected chi connectivity index (χ1v) is 5.10. The fourth-order valence-electron chi connectivity index (χ4n) is 1.30. The smallest absolute Gasteiger partial charge is 0.0910 e. The lowest BCUT2D eigenvalue weighted by atomic mass is 10.2. The maximum atomic E-state index is 6.03. The van der Waals surface area contributed by atoms with Crippen LogP contribution in [-0.2, 0) is 0 Å². The molecule has 0 fully saturated rings. The number of nitrogens with two attached hydrogens (primary N) is 1. The van der Waals surface area contributed by atoms with Crippen LogP contribution < -0.4 is 11.3 Å². The first kappa shape index (κ1) is 9.71. The van der Waals surface area contributed by atoms with E-state index in [-0.39, 0.29) is 0 Å². The van der Waals surface area contributed by atoms with Gasteiger partial charge in [-0.05, 0) is 18.2 Å². The number of benzene rings is 1. The molecule has 5 heteroatoms. The summed E-state index contributed by atoms with van der Waals surface area (Å²) in [6, 6.07) is 5.52. The van der Waals surface area contributed by atoms with Gasteiger partial charge in [-0.15, -0.1) is 0 Å². The zero-order chi connectivity index (χ0) is 10.1. The average molecular weight is 273 g/mol. The zero-order valence-corrected chi connectivity index (χ0v) is 9.43. The van der Waals surface area contributed by atoms with Crippen molar-refractivity contribution in [3.63, 3.8) is 0 Å². The molecule has 0 aliphatic heterocycles. The summed E-state index contributed by atoms with van der Waals surface area (Å²) in [6.45, 7) is 0. The van der Waals surface area contributed by atoms with Gasteiger partial charge in [-0.2, -0.15) is 0 Å². The molecule has 0 saturated heterocycles. The number of nitrogen functional groups attached to an aromatic ring is 1. The lowest BCUT2D eigenvalue weighted by Crippen LogP contribution is -2.07. The Morgan fingerprint density at radius 2 is 2.21 bits per heavy atom. The van der Waals surface area contributed by atoms with Gasteiger partial charge in [0.1, 0.15) is 0 Å². The van der Waals surface area contributed by atoms with Crippen LogP contribution in [0, 0.1) is 0 Å². The van der Waals surface area contributed by atoms with E-state index in [0.717, 1.165) is 21.1 Å². The molecule has 0 aliphatic carbocycles. The Balaban J connectivity index is 2.86. The van der Waals surface area contributed by atoms with Gasteiger partial charge in [-0.1, -0.05) is 27.5 Å². The molecule has 3 N–H and O–H groups in total. The van der Waals surface area contributed by atoms with Crippen LogP contribution in [0.5, 0.6) is 0 Å². The number of aromatic nitrogens is 1. The number of hydrogen-bond donors (Lipinski definition) is 2. The maximum absolute atomic E-state index is 6.03. The molecule has 0 saturated carbocycles. The van der Waals surface area contributed by atoms with Gasteiger partial charge in [-0.25, -0.2) is 0 Å². The van der Waals surface area contributed by atoms with Crippen molar-refractivity contribution in [3.8, 4) is 0 Å². The summed E-state index contributed by atoms with van der Waals surface area (Å²) in [6.07, 6.45) is 1.66. The highest BCUT2D eigenvalue weighted by Gasteiger charge is 2.05. The van der Waals surface area contributed by atoms with Crippen LogP contribution in [0.2, 0.25) is 5.02 Å². The predicted molar refractivity (Wildman–Crippen MR) is 62.3 cm³/mol. The molecule has 2 rings (SSSR count). The first-order valence-electron chi connectivity index (χ1n) is 3.93. The molecule has 0 amide bonds. The molecule has 0 radical (unpaired) electrons. The molecular formula is C9H7BrClN3. The summed E-state index contributed by atoms with van der Waals surface area (Å²) in [5, 5.41) is 1.50. The number of nitrogens with one attached hydrogen (secondary N) is 1. The monoisotopic (exact) mass is 271 g/mol. The fourth-order valence-corrected chi connectivity index (χ4v) is 2.16. The van der Waals surface area contributed by atoms with Gasteiger partial charge in [0.05, 0.1) is 16.2 Å². The van der Waals surface area contributed by atoms with Gasteiger partial charge in [0.25, 0.3) is 0 Å². The van der Waals surface area contributed by atoms with Crippen LogP contribution in [-0.4, -0.2) is 4.98 Å². The quantitative estimate of drug-likeness (QED) is 0.620.